The number of aryl methyl sites for hydroxylation is 8. The van der Waals surface area contributed by atoms with Crippen molar-refractivity contribution in [2.45, 2.75) is 133 Å². The Balaban J connectivity index is 0.000000254. The fraction of sp³-hybridized carbons (Fsp3) is 0.419. The predicted molar refractivity (Wildman–Crippen MR) is 283 cm³/mol. The van der Waals surface area contributed by atoms with E-state index in [0.717, 1.165) is 115 Å². The second-order valence-electron chi connectivity index (χ2n) is 18.9. The molecule has 6 heteroatoms. The van der Waals surface area contributed by atoms with Gasteiger partial charge in [0.1, 0.15) is 47.7 Å². The number of hydrogen-bond acceptors (Lipinski definition) is 6. The van der Waals surface area contributed by atoms with E-state index in [1.165, 1.54) is 50.1 Å². The average molecular weight is 921 g/mol. The summed E-state index contributed by atoms with van der Waals surface area (Å²) in [6.07, 6.45) is 11.1. The number of methoxy groups -OCH3 is 4. The summed E-state index contributed by atoms with van der Waals surface area (Å²) in [5.41, 5.74) is 16.5. The molecule has 0 amide bonds. The average Bonchev–Trinajstić information content (AvgIpc) is 3.35. The number of ether oxygens (including phenoxy) is 6. The molecule has 364 valence electrons. The Bertz CT molecular complexity index is 2060. The van der Waals surface area contributed by atoms with Crippen LogP contribution in [-0.2, 0) is 77.4 Å². The first-order valence-corrected chi connectivity index (χ1v) is 25.0. The lowest BCUT2D eigenvalue weighted by molar-refractivity contribution is 0.287. The monoisotopic (exact) mass is 921 g/mol. The smallest absolute Gasteiger partial charge is 0.123 e. The zero-order valence-electron chi connectivity index (χ0n) is 43.5. The largest absolute Gasteiger partial charge is 0.497 e. The third kappa shape index (κ3) is 17.3. The Morgan fingerprint density at radius 1 is 0.279 bits per heavy atom. The van der Waals surface area contributed by atoms with Crippen LogP contribution in [0.15, 0.2) is 109 Å². The molecule has 0 fully saturated rings. The predicted octanol–water partition coefficient (Wildman–Crippen LogP) is 14.8. The molecule has 0 atom stereocenters. The van der Waals surface area contributed by atoms with E-state index < -0.39 is 0 Å². The van der Waals surface area contributed by atoms with Gasteiger partial charge in [-0.15, -0.1) is 0 Å². The van der Waals surface area contributed by atoms with Crippen LogP contribution in [-0.4, -0.2) is 28.4 Å². The van der Waals surface area contributed by atoms with Crippen LogP contribution in [0.5, 0.6) is 34.5 Å². The van der Waals surface area contributed by atoms with Crippen molar-refractivity contribution in [1.29, 1.82) is 0 Å². The van der Waals surface area contributed by atoms with Crippen LogP contribution in [0.4, 0.5) is 0 Å². The van der Waals surface area contributed by atoms with Crippen LogP contribution >= 0.6 is 0 Å². The van der Waals surface area contributed by atoms with Crippen molar-refractivity contribution in [1.82, 2.24) is 0 Å². The van der Waals surface area contributed by atoms with Crippen LogP contribution in [0.2, 0.25) is 0 Å². The minimum absolute atomic E-state index is 0.380. The van der Waals surface area contributed by atoms with E-state index in [0.29, 0.717) is 25.0 Å². The maximum Gasteiger partial charge on any atom is 0.123 e. The molecule has 0 unspecified atom stereocenters. The fourth-order valence-electron chi connectivity index (χ4n) is 8.70. The van der Waals surface area contributed by atoms with Crippen LogP contribution in [0.25, 0.3) is 0 Å². The van der Waals surface area contributed by atoms with Gasteiger partial charge in [0.2, 0.25) is 0 Å². The maximum atomic E-state index is 6.15. The molecule has 6 rings (SSSR count). The summed E-state index contributed by atoms with van der Waals surface area (Å²) in [4.78, 5) is 0. The maximum absolute atomic E-state index is 6.15. The van der Waals surface area contributed by atoms with Gasteiger partial charge in [0.15, 0.2) is 0 Å². The van der Waals surface area contributed by atoms with Crippen molar-refractivity contribution in [2.75, 3.05) is 28.4 Å². The lowest BCUT2D eigenvalue weighted by atomic mass is 9.92. The SMILES string of the molecule is CCc1cc(CC)cc(CCc2cc(CCc3cc(CC)cc(CC)c3)cc(CC(C)C)c2)c1.COc1cc(COc2cc(CC(C)C)cc(OCc3cc(OC)cc(OC)c3)c2)cc(OC)c1. The lowest BCUT2D eigenvalue weighted by Gasteiger charge is -2.15. The Morgan fingerprint density at radius 3 is 0.794 bits per heavy atom. The Morgan fingerprint density at radius 2 is 0.515 bits per heavy atom. The van der Waals surface area contributed by atoms with Crippen molar-refractivity contribution in [3.8, 4) is 34.5 Å². The minimum Gasteiger partial charge on any atom is -0.497 e. The van der Waals surface area contributed by atoms with E-state index >= 15 is 0 Å². The van der Waals surface area contributed by atoms with Gasteiger partial charge in [0, 0.05) is 18.2 Å². The highest BCUT2D eigenvalue weighted by molar-refractivity contribution is 5.43. The number of rotatable bonds is 24. The first-order chi connectivity index (χ1) is 32.8. The zero-order valence-corrected chi connectivity index (χ0v) is 43.5. The Kier molecular flexibility index (Phi) is 21.2. The summed E-state index contributed by atoms with van der Waals surface area (Å²) in [7, 11) is 6.54. The van der Waals surface area contributed by atoms with Gasteiger partial charge in [0.25, 0.3) is 0 Å². The molecule has 6 aromatic rings. The van der Waals surface area contributed by atoms with Gasteiger partial charge in [0.05, 0.1) is 28.4 Å². The van der Waals surface area contributed by atoms with Gasteiger partial charge in [-0.05, 0) is 179 Å². The molecule has 0 heterocycles. The minimum atomic E-state index is 0.380. The summed E-state index contributed by atoms with van der Waals surface area (Å²) < 4.78 is 33.8. The van der Waals surface area contributed by atoms with E-state index in [4.69, 9.17) is 28.4 Å². The molecule has 6 nitrogen and oxygen atoms in total. The molecule has 0 N–H and O–H groups in total. The molecule has 0 aliphatic heterocycles. The molecule has 6 aromatic carbocycles. The standard InChI is InChI=1S/C34H46.C28H34O6/c1-7-26-16-27(8-2)19-30(18-26)11-13-32-22-33(24-34(23-32)15-25(5)6)14-12-31-20-28(9-3)17-29(10-4)21-31;1-19(2)7-20-8-27(33-17-21-10-23(29-3)14-24(11-21)30-4)16-28(9-20)34-18-22-12-25(31-5)15-26(13-22)32-6/h16-25H,7-15H2,1-6H3;8-16,19H,7,17-18H2,1-6H3. The summed E-state index contributed by atoms with van der Waals surface area (Å²) in [5.74, 6) is 5.59. The van der Waals surface area contributed by atoms with Crippen molar-refractivity contribution >= 4 is 0 Å². The number of benzene rings is 6. The highest BCUT2D eigenvalue weighted by Crippen LogP contribution is 2.30. The molecule has 0 saturated carbocycles. The van der Waals surface area contributed by atoms with Gasteiger partial charge in [-0.2, -0.15) is 0 Å². The third-order valence-electron chi connectivity index (χ3n) is 12.2. The first kappa shape index (κ1) is 53.1. The summed E-state index contributed by atoms with van der Waals surface area (Å²) in [5, 5.41) is 0. The first-order valence-electron chi connectivity index (χ1n) is 25.0. The molecule has 68 heavy (non-hydrogen) atoms. The molecule has 0 saturated heterocycles. The topological polar surface area (TPSA) is 55.4 Å². The van der Waals surface area contributed by atoms with Gasteiger partial charge < -0.3 is 28.4 Å². The summed E-state index contributed by atoms with van der Waals surface area (Å²) in [6, 6.07) is 39.4. The van der Waals surface area contributed by atoms with E-state index in [-0.39, 0.29) is 0 Å². The van der Waals surface area contributed by atoms with Crippen molar-refractivity contribution in [2.24, 2.45) is 11.8 Å². The van der Waals surface area contributed by atoms with Crippen molar-refractivity contribution in [3.63, 3.8) is 0 Å². The summed E-state index contributed by atoms with van der Waals surface area (Å²) in [6.45, 7) is 18.9. The molecule has 0 aliphatic carbocycles. The van der Waals surface area contributed by atoms with Crippen LogP contribution in [0.3, 0.4) is 0 Å². The summed E-state index contributed by atoms with van der Waals surface area (Å²) >= 11 is 0. The van der Waals surface area contributed by atoms with Crippen LogP contribution in [0, 0.1) is 11.8 Å². The lowest BCUT2D eigenvalue weighted by Crippen LogP contribution is -2.02. The van der Waals surface area contributed by atoms with Gasteiger partial charge in [-0.25, -0.2) is 0 Å². The quantitative estimate of drug-likeness (QED) is 0.0603. The molecule has 0 radical (unpaired) electrons. The third-order valence-corrected chi connectivity index (χ3v) is 12.2. The molecule has 0 aromatic heterocycles. The molecule has 0 bridgehead atoms. The second-order valence-corrected chi connectivity index (χ2v) is 18.9. The van der Waals surface area contributed by atoms with E-state index in [1.54, 1.807) is 28.4 Å². The van der Waals surface area contributed by atoms with Gasteiger partial charge in [-0.1, -0.05) is 110 Å². The van der Waals surface area contributed by atoms with Crippen LogP contribution < -0.4 is 28.4 Å². The molecular weight excluding hydrogens is 841 g/mol. The van der Waals surface area contributed by atoms with Crippen LogP contribution in [0.1, 0.15) is 122 Å². The Labute approximate surface area is 410 Å². The highest BCUT2D eigenvalue weighted by Gasteiger charge is 2.11. The zero-order chi connectivity index (χ0) is 49.0. The molecular formula is C62H80O6. The van der Waals surface area contributed by atoms with E-state index in [2.05, 4.69) is 122 Å². The van der Waals surface area contributed by atoms with E-state index in [9.17, 15) is 0 Å². The fourth-order valence-corrected chi connectivity index (χ4v) is 8.70. The van der Waals surface area contributed by atoms with E-state index in [1.807, 2.05) is 42.5 Å². The van der Waals surface area contributed by atoms with Gasteiger partial charge in [-0.3, -0.25) is 0 Å². The Hall–Kier alpha value is -5.88. The normalized spacial score (nSPS) is 11.0. The number of hydrogen-bond donors (Lipinski definition) is 0. The highest BCUT2D eigenvalue weighted by atomic mass is 16.5. The van der Waals surface area contributed by atoms with Gasteiger partial charge >= 0.3 is 0 Å². The second kappa shape index (κ2) is 27.2. The van der Waals surface area contributed by atoms with Crippen molar-refractivity contribution in [3.05, 3.63) is 176 Å². The molecule has 0 spiro atoms. The molecule has 0 aliphatic rings. The van der Waals surface area contributed by atoms with Crippen molar-refractivity contribution < 1.29 is 28.4 Å².